The zero-order chi connectivity index (χ0) is 8.20. The molecule has 0 radical (unpaired) electrons. The lowest BCUT2D eigenvalue weighted by molar-refractivity contribution is -0.142. The minimum absolute atomic E-state index is 0.525. The van der Waals surface area contributed by atoms with Crippen molar-refractivity contribution >= 4 is 5.97 Å². The predicted octanol–water partition coefficient (Wildman–Crippen LogP) is 1.32. The largest absolute Gasteiger partial charge is 0.479 e. The topological polar surface area (TPSA) is 62.0 Å². The van der Waals surface area contributed by atoms with Gasteiger partial charge in [0.15, 0.2) is 5.54 Å². The maximum atomic E-state index is 10.4. The first kappa shape index (κ1) is 9.07. The summed E-state index contributed by atoms with van der Waals surface area (Å²) in [6.07, 6.45) is 0. The summed E-state index contributed by atoms with van der Waals surface area (Å²) in [5.74, 6) is -0.954. The minimum atomic E-state index is -1.07. The highest BCUT2D eigenvalue weighted by Gasteiger charge is 2.25. The first-order valence-corrected chi connectivity index (χ1v) is 3.12. The molecule has 1 N–H and O–H groups in total. The van der Waals surface area contributed by atoms with Gasteiger partial charge < -0.3 is 5.11 Å². The van der Waals surface area contributed by atoms with Gasteiger partial charge in [-0.3, -0.25) is 0 Å². The normalized spacial score (nSPS) is 12.3. The van der Waals surface area contributed by atoms with Gasteiger partial charge in [-0.2, -0.15) is 10.2 Å². The summed E-state index contributed by atoms with van der Waals surface area (Å²) in [5, 5.41) is 15.7. The molecule has 0 amide bonds. The molecule has 0 heterocycles. The van der Waals surface area contributed by atoms with E-state index in [2.05, 4.69) is 10.2 Å². The van der Waals surface area contributed by atoms with E-state index in [9.17, 15) is 4.79 Å². The van der Waals surface area contributed by atoms with Crippen molar-refractivity contribution in [1.82, 2.24) is 0 Å². The summed E-state index contributed by atoms with van der Waals surface area (Å²) in [5.41, 5.74) is -1.07. The van der Waals surface area contributed by atoms with Gasteiger partial charge in [0.25, 0.3) is 0 Å². The Hall–Kier alpha value is -0.930. The van der Waals surface area contributed by atoms with E-state index >= 15 is 0 Å². The Morgan fingerprint density at radius 1 is 1.60 bits per heavy atom. The lowest BCUT2D eigenvalue weighted by Crippen LogP contribution is -2.28. The van der Waals surface area contributed by atoms with Crippen LogP contribution < -0.4 is 0 Å². The Morgan fingerprint density at radius 2 is 2.10 bits per heavy atom. The molecule has 0 aromatic heterocycles. The van der Waals surface area contributed by atoms with Gasteiger partial charge in [0.2, 0.25) is 0 Å². The van der Waals surface area contributed by atoms with Crippen LogP contribution in [0.5, 0.6) is 0 Å². The average Bonchev–Trinajstić information content (AvgIpc) is 1.84. The SMILES string of the molecule is CCN=NC(C)(C)C(=O)O. The Bertz CT molecular complexity index is 152. The number of carboxylic acids is 1. The number of hydrogen-bond acceptors (Lipinski definition) is 3. The second-order valence-electron chi connectivity index (χ2n) is 2.42. The Morgan fingerprint density at radius 3 is 2.40 bits per heavy atom. The zero-order valence-corrected chi connectivity index (χ0v) is 6.46. The predicted molar refractivity (Wildman–Crippen MR) is 37.1 cm³/mol. The molecule has 0 aliphatic rings. The van der Waals surface area contributed by atoms with Crippen LogP contribution in [0.25, 0.3) is 0 Å². The first-order chi connectivity index (χ1) is 4.50. The van der Waals surface area contributed by atoms with Crippen LogP contribution in [0.1, 0.15) is 20.8 Å². The smallest absolute Gasteiger partial charge is 0.332 e. The maximum absolute atomic E-state index is 10.4. The standard InChI is InChI=1S/C6H12N2O2/c1-4-7-8-6(2,3)5(9)10/h4H2,1-3H3,(H,9,10). The fourth-order valence-electron chi connectivity index (χ4n) is 0.290. The summed E-state index contributed by atoms with van der Waals surface area (Å²) in [7, 11) is 0. The van der Waals surface area contributed by atoms with E-state index in [1.54, 1.807) is 6.92 Å². The summed E-state index contributed by atoms with van der Waals surface area (Å²) in [4.78, 5) is 10.4. The average molecular weight is 144 g/mol. The molecule has 0 unspecified atom stereocenters. The number of carboxylic acid groups (broad SMARTS) is 1. The summed E-state index contributed by atoms with van der Waals surface area (Å²) in [6.45, 7) is 5.35. The van der Waals surface area contributed by atoms with Crippen molar-refractivity contribution < 1.29 is 9.90 Å². The van der Waals surface area contributed by atoms with E-state index in [0.717, 1.165) is 0 Å². The molecule has 0 saturated heterocycles. The van der Waals surface area contributed by atoms with Gasteiger partial charge in [0, 0.05) is 0 Å². The van der Waals surface area contributed by atoms with Crippen LogP contribution in [0.3, 0.4) is 0 Å². The van der Waals surface area contributed by atoms with E-state index < -0.39 is 11.5 Å². The second kappa shape index (κ2) is 3.29. The quantitative estimate of drug-likeness (QED) is 0.607. The molecule has 0 aliphatic heterocycles. The lowest BCUT2D eigenvalue weighted by atomic mass is 10.1. The van der Waals surface area contributed by atoms with Crippen LogP contribution >= 0.6 is 0 Å². The fraction of sp³-hybridized carbons (Fsp3) is 0.833. The van der Waals surface area contributed by atoms with Crippen LogP contribution in [0.2, 0.25) is 0 Å². The van der Waals surface area contributed by atoms with Gasteiger partial charge in [-0.1, -0.05) is 0 Å². The van der Waals surface area contributed by atoms with Crippen LogP contribution in [0.15, 0.2) is 10.2 Å². The molecule has 0 aromatic rings. The highest BCUT2D eigenvalue weighted by Crippen LogP contribution is 2.08. The Kier molecular flexibility index (Phi) is 2.99. The number of nitrogens with zero attached hydrogens (tertiary/aromatic N) is 2. The molecule has 0 rings (SSSR count). The lowest BCUT2D eigenvalue weighted by Gasteiger charge is -2.09. The zero-order valence-electron chi connectivity index (χ0n) is 6.46. The van der Waals surface area contributed by atoms with E-state index in [4.69, 9.17) is 5.11 Å². The van der Waals surface area contributed by atoms with Crippen molar-refractivity contribution in [2.24, 2.45) is 10.2 Å². The molecule has 4 heteroatoms. The highest BCUT2D eigenvalue weighted by molar-refractivity contribution is 5.77. The molecule has 0 spiro atoms. The van der Waals surface area contributed by atoms with Crippen LogP contribution in [0.4, 0.5) is 0 Å². The van der Waals surface area contributed by atoms with Gasteiger partial charge >= 0.3 is 5.97 Å². The highest BCUT2D eigenvalue weighted by atomic mass is 16.4. The van der Waals surface area contributed by atoms with Crippen molar-refractivity contribution in [1.29, 1.82) is 0 Å². The molecule has 58 valence electrons. The van der Waals surface area contributed by atoms with Gasteiger partial charge in [0.1, 0.15) is 0 Å². The third-order valence-electron chi connectivity index (χ3n) is 0.986. The number of hydrogen-bond donors (Lipinski definition) is 1. The van der Waals surface area contributed by atoms with Crippen molar-refractivity contribution in [3.05, 3.63) is 0 Å². The third-order valence-corrected chi connectivity index (χ3v) is 0.986. The van der Waals surface area contributed by atoms with Gasteiger partial charge in [0.05, 0.1) is 6.54 Å². The van der Waals surface area contributed by atoms with Crippen molar-refractivity contribution in [3.8, 4) is 0 Å². The first-order valence-electron chi connectivity index (χ1n) is 3.12. The minimum Gasteiger partial charge on any atom is -0.479 e. The molecule has 0 atom stereocenters. The molecule has 0 aromatic carbocycles. The van der Waals surface area contributed by atoms with Gasteiger partial charge in [-0.25, -0.2) is 4.79 Å². The maximum Gasteiger partial charge on any atom is 0.332 e. The molecular weight excluding hydrogens is 132 g/mol. The van der Waals surface area contributed by atoms with E-state index in [1.807, 2.05) is 0 Å². The Balaban J connectivity index is 4.12. The summed E-state index contributed by atoms with van der Waals surface area (Å²) < 4.78 is 0. The molecule has 0 saturated carbocycles. The van der Waals surface area contributed by atoms with Crippen molar-refractivity contribution in [3.63, 3.8) is 0 Å². The monoisotopic (exact) mass is 144 g/mol. The molecule has 0 aliphatic carbocycles. The van der Waals surface area contributed by atoms with Crippen molar-refractivity contribution in [2.45, 2.75) is 26.3 Å². The van der Waals surface area contributed by atoms with E-state index in [-0.39, 0.29) is 0 Å². The summed E-state index contributed by atoms with van der Waals surface area (Å²) >= 11 is 0. The van der Waals surface area contributed by atoms with Gasteiger partial charge in [-0.15, -0.1) is 0 Å². The second-order valence-corrected chi connectivity index (χ2v) is 2.42. The number of aliphatic carboxylic acids is 1. The molecular formula is C6H12N2O2. The van der Waals surface area contributed by atoms with Crippen LogP contribution in [-0.2, 0) is 4.79 Å². The molecule has 4 nitrogen and oxygen atoms in total. The third kappa shape index (κ3) is 2.57. The number of carbonyl (C=O) groups is 1. The van der Waals surface area contributed by atoms with Crippen LogP contribution in [0, 0.1) is 0 Å². The summed E-state index contributed by atoms with van der Waals surface area (Å²) in [6, 6.07) is 0. The van der Waals surface area contributed by atoms with Gasteiger partial charge in [-0.05, 0) is 20.8 Å². The fourth-order valence-corrected chi connectivity index (χ4v) is 0.290. The van der Waals surface area contributed by atoms with Crippen LogP contribution in [-0.4, -0.2) is 23.2 Å². The number of rotatable bonds is 3. The molecule has 10 heavy (non-hydrogen) atoms. The van der Waals surface area contributed by atoms with Crippen molar-refractivity contribution in [2.75, 3.05) is 6.54 Å². The molecule has 0 fully saturated rings. The molecule has 0 bridgehead atoms. The van der Waals surface area contributed by atoms with E-state index in [0.29, 0.717) is 6.54 Å². The Labute approximate surface area is 60.0 Å². The van der Waals surface area contributed by atoms with E-state index in [1.165, 1.54) is 13.8 Å². The number of azo groups is 1.